The van der Waals surface area contributed by atoms with Gasteiger partial charge in [-0.1, -0.05) is 49.7 Å². The molecule has 3 aliphatic carbocycles. The molecule has 0 bridgehead atoms. The van der Waals surface area contributed by atoms with Crippen molar-refractivity contribution in [3.05, 3.63) is 11.6 Å². The standard InChI is InChI=1S/C23H34O4/c1-23-14-13-21(25)18(11-12-20(24)16-7-3-2-4-8-16)19(23)15-17(23)9-5-6-10-22(26)27/h9,16,18-21,24-25H,2-8,10,13-15H2,1H3,(H,26,27)/t18-,19-,20?,21-,23-/m1/s1. The van der Waals surface area contributed by atoms with E-state index in [1.54, 1.807) is 0 Å². The predicted octanol–water partition coefficient (Wildman–Crippen LogP) is 3.91. The monoisotopic (exact) mass is 374 g/mol. The third kappa shape index (κ3) is 4.58. The van der Waals surface area contributed by atoms with Gasteiger partial charge in [-0.2, -0.15) is 0 Å². The summed E-state index contributed by atoms with van der Waals surface area (Å²) in [7, 11) is 0. The number of carboxylic acids is 1. The van der Waals surface area contributed by atoms with E-state index in [-0.39, 0.29) is 17.8 Å². The number of fused-ring (bicyclic) bond motifs is 1. The van der Waals surface area contributed by atoms with Gasteiger partial charge in [0.2, 0.25) is 0 Å². The molecule has 3 fully saturated rings. The highest BCUT2D eigenvalue weighted by molar-refractivity contribution is 5.66. The van der Waals surface area contributed by atoms with Gasteiger partial charge < -0.3 is 15.3 Å². The van der Waals surface area contributed by atoms with Gasteiger partial charge >= 0.3 is 5.97 Å². The van der Waals surface area contributed by atoms with E-state index in [1.807, 2.05) is 0 Å². The molecule has 3 rings (SSSR count). The van der Waals surface area contributed by atoms with Crippen molar-refractivity contribution in [1.82, 2.24) is 0 Å². The van der Waals surface area contributed by atoms with E-state index >= 15 is 0 Å². The van der Waals surface area contributed by atoms with E-state index in [4.69, 9.17) is 5.11 Å². The van der Waals surface area contributed by atoms with Crippen molar-refractivity contribution >= 4 is 5.97 Å². The van der Waals surface area contributed by atoms with Crippen LogP contribution in [0.3, 0.4) is 0 Å². The van der Waals surface area contributed by atoms with Crippen LogP contribution >= 0.6 is 0 Å². The lowest BCUT2D eigenvalue weighted by molar-refractivity contribution is -0.137. The lowest BCUT2D eigenvalue weighted by Gasteiger charge is -2.57. The number of hydrogen-bond acceptors (Lipinski definition) is 3. The first-order valence-corrected chi connectivity index (χ1v) is 10.7. The Kier molecular flexibility index (Phi) is 6.65. The van der Waals surface area contributed by atoms with Gasteiger partial charge in [0.15, 0.2) is 0 Å². The summed E-state index contributed by atoms with van der Waals surface area (Å²) in [5.74, 6) is 6.21. The highest BCUT2D eigenvalue weighted by Crippen LogP contribution is 2.60. The highest BCUT2D eigenvalue weighted by Gasteiger charge is 2.54. The van der Waals surface area contributed by atoms with Crippen LogP contribution in [0.2, 0.25) is 0 Å². The molecule has 0 aromatic rings. The zero-order chi connectivity index (χ0) is 19.4. The second-order valence-electron chi connectivity index (χ2n) is 9.01. The summed E-state index contributed by atoms with van der Waals surface area (Å²) < 4.78 is 0. The Balaban J connectivity index is 1.61. The van der Waals surface area contributed by atoms with E-state index in [9.17, 15) is 15.0 Å². The number of rotatable bonds is 5. The Hall–Kier alpha value is -1.31. The van der Waals surface area contributed by atoms with Crippen molar-refractivity contribution in [2.75, 3.05) is 0 Å². The fourth-order valence-electron chi connectivity index (χ4n) is 5.36. The van der Waals surface area contributed by atoms with Gasteiger partial charge in [0.25, 0.3) is 0 Å². The topological polar surface area (TPSA) is 77.8 Å². The summed E-state index contributed by atoms with van der Waals surface area (Å²) in [5.41, 5.74) is 1.49. The van der Waals surface area contributed by atoms with Crippen LogP contribution in [0.4, 0.5) is 0 Å². The second kappa shape index (κ2) is 8.80. The smallest absolute Gasteiger partial charge is 0.303 e. The maximum absolute atomic E-state index is 10.7. The molecule has 0 amide bonds. The summed E-state index contributed by atoms with van der Waals surface area (Å²) in [5, 5.41) is 29.7. The van der Waals surface area contributed by atoms with Crippen LogP contribution in [0.1, 0.15) is 77.6 Å². The molecule has 0 aliphatic heterocycles. The van der Waals surface area contributed by atoms with Crippen molar-refractivity contribution in [1.29, 1.82) is 0 Å². The van der Waals surface area contributed by atoms with E-state index in [0.29, 0.717) is 18.3 Å². The number of allylic oxidation sites excluding steroid dienone is 2. The van der Waals surface area contributed by atoms with Crippen LogP contribution in [0.5, 0.6) is 0 Å². The Morgan fingerprint density at radius 3 is 2.74 bits per heavy atom. The van der Waals surface area contributed by atoms with Crippen LogP contribution in [0.25, 0.3) is 0 Å². The van der Waals surface area contributed by atoms with E-state index in [1.165, 1.54) is 24.8 Å². The first kappa shape index (κ1) is 20.4. The summed E-state index contributed by atoms with van der Waals surface area (Å²) in [4.78, 5) is 10.7. The molecule has 0 aromatic carbocycles. The minimum atomic E-state index is -0.737. The Morgan fingerprint density at radius 2 is 2.04 bits per heavy atom. The zero-order valence-corrected chi connectivity index (χ0v) is 16.5. The molecule has 3 aliphatic rings. The van der Waals surface area contributed by atoms with Gasteiger partial charge in [0, 0.05) is 6.42 Å². The molecule has 0 heterocycles. The first-order valence-electron chi connectivity index (χ1n) is 10.7. The third-order valence-corrected chi connectivity index (χ3v) is 7.28. The van der Waals surface area contributed by atoms with Crippen molar-refractivity contribution in [3.63, 3.8) is 0 Å². The molecule has 0 aromatic heterocycles. The predicted molar refractivity (Wildman–Crippen MR) is 105 cm³/mol. The molecule has 1 unspecified atom stereocenters. The van der Waals surface area contributed by atoms with Gasteiger partial charge in [-0.05, 0) is 62.2 Å². The molecule has 27 heavy (non-hydrogen) atoms. The minimum Gasteiger partial charge on any atom is -0.481 e. The molecule has 5 atom stereocenters. The molecule has 0 radical (unpaired) electrons. The first-order chi connectivity index (χ1) is 12.9. The Morgan fingerprint density at radius 1 is 1.30 bits per heavy atom. The van der Waals surface area contributed by atoms with E-state index in [2.05, 4.69) is 24.8 Å². The molecule has 0 spiro atoms. The molecular formula is C23H34O4. The summed E-state index contributed by atoms with van der Waals surface area (Å²) in [6.45, 7) is 2.27. The second-order valence-corrected chi connectivity index (χ2v) is 9.01. The van der Waals surface area contributed by atoms with Crippen molar-refractivity contribution in [2.24, 2.45) is 23.2 Å². The van der Waals surface area contributed by atoms with Crippen molar-refractivity contribution in [2.45, 2.75) is 89.8 Å². The van der Waals surface area contributed by atoms with Crippen LogP contribution in [-0.4, -0.2) is 33.5 Å². The molecule has 4 heteroatoms. The Bertz CT molecular complexity index is 622. The van der Waals surface area contributed by atoms with Gasteiger partial charge in [-0.3, -0.25) is 4.79 Å². The lowest BCUT2D eigenvalue weighted by Crippen LogP contribution is -2.51. The minimum absolute atomic E-state index is 0.0573. The number of hydrogen-bond donors (Lipinski definition) is 3. The maximum Gasteiger partial charge on any atom is 0.303 e. The number of carbonyl (C=O) groups is 1. The summed E-state index contributed by atoms with van der Waals surface area (Å²) >= 11 is 0. The lowest BCUT2D eigenvalue weighted by atomic mass is 9.48. The van der Waals surface area contributed by atoms with E-state index in [0.717, 1.165) is 38.5 Å². The van der Waals surface area contributed by atoms with Gasteiger partial charge in [-0.15, -0.1) is 0 Å². The van der Waals surface area contributed by atoms with Gasteiger partial charge in [0.1, 0.15) is 6.10 Å². The van der Waals surface area contributed by atoms with Crippen LogP contribution in [0.15, 0.2) is 11.6 Å². The highest BCUT2D eigenvalue weighted by atomic mass is 16.4. The Labute approximate surface area is 163 Å². The van der Waals surface area contributed by atoms with Crippen molar-refractivity contribution in [3.8, 4) is 11.8 Å². The quantitative estimate of drug-likeness (QED) is 0.387. The number of aliphatic hydroxyl groups excluding tert-OH is 2. The number of aliphatic hydroxyl groups is 2. The molecule has 3 saturated carbocycles. The summed E-state index contributed by atoms with van der Waals surface area (Å²) in [6.07, 6.45) is 11.4. The normalized spacial score (nSPS) is 36.3. The molecule has 4 nitrogen and oxygen atoms in total. The molecule has 150 valence electrons. The van der Waals surface area contributed by atoms with Crippen LogP contribution < -0.4 is 0 Å². The maximum atomic E-state index is 10.7. The van der Waals surface area contributed by atoms with Crippen LogP contribution in [-0.2, 0) is 4.79 Å². The zero-order valence-electron chi connectivity index (χ0n) is 16.5. The molecule has 3 N–H and O–H groups in total. The number of unbranched alkanes of at least 4 members (excludes halogenated alkanes) is 1. The fraction of sp³-hybridized carbons (Fsp3) is 0.783. The SMILES string of the molecule is C[C@]12CC[C@@H](O)[C@H](C#CC(O)C3CCCCC3)[C@H]1CC2=CCCCC(=O)O. The van der Waals surface area contributed by atoms with Crippen molar-refractivity contribution < 1.29 is 20.1 Å². The number of aliphatic carboxylic acids is 1. The average Bonchev–Trinajstić information content (AvgIpc) is 2.65. The summed E-state index contributed by atoms with van der Waals surface area (Å²) in [6, 6.07) is 0. The third-order valence-electron chi connectivity index (χ3n) is 7.28. The van der Waals surface area contributed by atoms with E-state index < -0.39 is 18.2 Å². The average molecular weight is 375 g/mol. The van der Waals surface area contributed by atoms with Gasteiger partial charge in [0.05, 0.1) is 12.0 Å². The van der Waals surface area contributed by atoms with Crippen LogP contribution in [0, 0.1) is 35.0 Å². The number of carboxylic acid groups (broad SMARTS) is 1. The van der Waals surface area contributed by atoms with Gasteiger partial charge in [-0.25, -0.2) is 0 Å². The molecular weight excluding hydrogens is 340 g/mol. The fourth-order valence-corrected chi connectivity index (χ4v) is 5.36. The molecule has 0 saturated heterocycles. The largest absolute Gasteiger partial charge is 0.481 e.